The van der Waals surface area contributed by atoms with E-state index in [1.165, 1.54) is 7.11 Å². The van der Waals surface area contributed by atoms with Gasteiger partial charge < -0.3 is 18.9 Å². The molecule has 0 aliphatic heterocycles. The number of nitrogens with one attached hydrogen (secondary N) is 1. The van der Waals surface area contributed by atoms with Crippen molar-refractivity contribution in [3.63, 3.8) is 0 Å². The molecule has 1 N–H and O–H groups in total. The first-order chi connectivity index (χ1) is 13.6. The molecule has 2 rings (SSSR count). The topological polar surface area (TPSA) is 78.4 Å². The van der Waals surface area contributed by atoms with Crippen molar-refractivity contribution in [2.45, 2.75) is 20.8 Å². The van der Waals surface area contributed by atoms with Crippen molar-refractivity contribution >= 4 is 12.1 Å². The van der Waals surface area contributed by atoms with Gasteiger partial charge in [-0.05, 0) is 62.7 Å². The largest absolute Gasteiger partial charge is 0.493 e. The average molecular weight is 386 g/mol. The van der Waals surface area contributed by atoms with Crippen molar-refractivity contribution in [3.05, 3.63) is 47.5 Å². The highest BCUT2D eigenvalue weighted by molar-refractivity contribution is 5.95. The first-order valence-corrected chi connectivity index (χ1v) is 9.16. The molecule has 0 aliphatic rings. The monoisotopic (exact) mass is 386 g/mol. The van der Waals surface area contributed by atoms with Gasteiger partial charge in [0.1, 0.15) is 0 Å². The van der Waals surface area contributed by atoms with E-state index < -0.39 is 0 Å². The Kier molecular flexibility index (Phi) is 8.14. The predicted molar refractivity (Wildman–Crippen MR) is 108 cm³/mol. The molecule has 0 fully saturated rings. The third-order valence-electron chi connectivity index (χ3n) is 3.67. The van der Waals surface area contributed by atoms with Crippen LogP contribution < -0.4 is 24.4 Å². The lowest BCUT2D eigenvalue weighted by atomic mass is 10.2. The Morgan fingerprint density at radius 1 is 0.893 bits per heavy atom. The molecule has 150 valence electrons. The summed E-state index contributed by atoms with van der Waals surface area (Å²) < 4.78 is 21.8. The molecule has 0 saturated heterocycles. The number of amides is 1. The lowest BCUT2D eigenvalue weighted by Crippen LogP contribution is -2.17. The van der Waals surface area contributed by atoms with E-state index in [0.717, 1.165) is 5.56 Å². The number of nitrogens with zero attached hydrogens (tertiary/aromatic N) is 1. The maximum absolute atomic E-state index is 12.3. The molecular formula is C21H26N2O5. The van der Waals surface area contributed by atoms with Gasteiger partial charge in [-0.15, -0.1) is 0 Å². The van der Waals surface area contributed by atoms with Crippen LogP contribution in [0.25, 0.3) is 0 Å². The second kappa shape index (κ2) is 10.8. The van der Waals surface area contributed by atoms with Crippen LogP contribution in [0.5, 0.6) is 23.0 Å². The Balaban J connectivity index is 2.07. The molecular weight excluding hydrogens is 360 g/mol. The highest BCUT2D eigenvalue weighted by atomic mass is 16.5. The lowest BCUT2D eigenvalue weighted by molar-refractivity contribution is 0.0954. The summed E-state index contributed by atoms with van der Waals surface area (Å²) in [6.07, 6.45) is 1.54. The Morgan fingerprint density at radius 3 is 2.14 bits per heavy atom. The van der Waals surface area contributed by atoms with Crippen molar-refractivity contribution in [2.75, 3.05) is 26.9 Å². The number of hydrogen-bond donors (Lipinski definition) is 1. The summed E-state index contributed by atoms with van der Waals surface area (Å²) in [7, 11) is 1.53. The first kappa shape index (κ1) is 21.1. The van der Waals surface area contributed by atoms with Crippen LogP contribution in [0, 0.1) is 0 Å². The van der Waals surface area contributed by atoms with Gasteiger partial charge in [0, 0.05) is 5.56 Å². The van der Waals surface area contributed by atoms with Crippen LogP contribution in [0.1, 0.15) is 36.7 Å². The van der Waals surface area contributed by atoms with Crippen LogP contribution in [-0.2, 0) is 0 Å². The molecule has 0 unspecified atom stereocenters. The molecule has 28 heavy (non-hydrogen) atoms. The number of benzene rings is 2. The zero-order valence-electron chi connectivity index (χ0n) is 16.7. The third-order valence-corrected chi connectivity index (χ3v) is 3.67. The zero-order chi connectivity index (χ0) is 20.4. The van der Waals surface area contributed by atoms with Crippen molar-refractivity contribution < 1.29 is 23.7 Å². The van der Waals surface area contributed by atoms with Crippen molar-refractivity contribution in [2.24, 2.45) is 5.10 Å². The molecule has 0 spiro atoms. The van der Waals surface area contributed by atoms with Crippen LogP contribution in [0.3, 0.4) is 0 Å². The Hall–Kier alpha value is -3.22. The number of carbonyl (C=O) groups excluding carboxylic acids is 1. The molecule has 0 heterocycles. The van der Waals surface area contributed by atoms with E-state index in [0.29, 0.717) is 48.4 Å². The Bertz CT molecular complexity index is 820. The lowest BCUT2D eigenvalue weighted by Gasteiger charge is -2.11. The van der Waals surface area contributed by atoms with Gasteiger partial charge in [-0.3, -0.25) is 4.79 Å². The van der Waals surface area contributed by atoms with Gasteiger partial charge in [-0.2, -0.15) is 5.10 Å². The van der Waals surface area contributed by atoms with Crippen LogP contribution in [0.2, 0.25) is 0 Å². The van der Waals surface area contributed by atoms with Crippen LogP contribution in [-0.4, -0.2) is 39.1 Å². The number of ether oxygens (including phenoxy) is 4. The maximum Gasteiger partial charge on any atom is 0.271 e. The molecule has 0 atom stereocenters. The second-order valence-corrected chi connectivity index (χ2v) is 5.57. The smallest absolute Gasteiger partial charge is 0.271 e. The minimum atomic E-state index is -0.353. The van der Waals surface area contributed by atoms with Gasteiger partial charge in [-0.1, -0.05) is 0 Å². The van der Waals surface area contributed by atoms with Gasteiger partial charge in [0.2, 0.25) is 0 Å². The Morgan fingerprint density at radius 2 is 1.50 bits per heavy atom. The van der Waals surface area contributed by atoms with E-state index in [1.807, 2.05) is 39.0 Å². The summed E-state index contributed by atoms with van der Waals surface area (Å²) in [5.74, 6) is 2.03. The van der Waals surface area contributed by atoms with Crippen molar-refractivity contribution in [1.29, 1.82) is 0 Å². The summed E-state index contributed by atoms with van der Waals surface area (Å²) in [5.41, 5.74) is 3.69. The number of hydrazone groups is 1. The number of carbonyl (C=O) groups is 1. The van der Waals surface area contributed by atoms with E-state index in [4.69, 9.17) is 18.9 Å². The highest BCUT2D eigenvalue weighted by Gasteiger charge is 2.10. The van der Waals surface area contributed by atoms with Crippen LogP contribution >= 0.6 is 0 Å². The first-order valence-electron chi connectivity index (χ1n) is 9.16. The van der Waals surface area contributed by atoms with E-state index in [2.05, 4.69) is 10.5 Å². The summed E-state index contributed by atoms with van der Waals surface area (Å²) in [6, 6.07) is 10.4. The predicted octanol–water partition coefficient (Wildman–Crippen LogP) is 3.66. The van der Waals surface area contributed by atoms with E-state index in [-0.39, 0.29) is 5.91 Å². The van der Waals surface area contributed by atoms with E-state index >= 15 is 0 Å². The molecule has 2 aromatic carbocycles. The second-order valence-electron chi connectivity index (χ2n) is 5.57. The van der Waals surface area contributed by atoms with E-state index in [9.17, 15) is 4.79 Å². The number of hydrogen-bond acceptors (Lipinski definition) is 6. The molecule has 7 heteroatoms. The molecule has 0 aliphatic carbocycles. The molecule has 1 amide bonds. The molecule has 7 nitrogen and oxygen atoms in total. The fraction of sp³-hybridized carbons (Fsp3) is 0.333. The number of methoxy groups -OCH3 is 1. The SMILES string of the molecule is CCOc1ccc(C(=O)N/N=C/c2ccc(OCC)c(OCC)c2)cc1OC. The average Bonchev–Trinajstić information content (AvgIpc) is 2.70. The summed E-state index contributed by atoms with van der Waals surface area (Å²) >= 11 is 0. The molecule has 2 aromatic rings. The zero-order valence-corrected chi connectivity index (χ0v) is 16.7. The van der Waals surface area contributed by atoms with Gasteiger partial charge in [0.05, 0.1) is 33.1 Å². The van der Waals surface area contributed by atoms with Crippen molar-refractivity contribution in [1.82, 2.24) is 5.43 Å². The summed E-state index contributed by atoms with van der Waals surface area (Å²) in [6.45, 7) is 7.29. The molecule has 0 aromatic heterocycles. The maximum atomic E-state index is 12.3. The van der Waals surface area contributed by atoms with E-state index in [1.54, 1.807) is 24.4 Å². The number of rotatable bonds is 10. The fourth-order valence-corrected chi connectivity index (χ4v) is 2.46. The van der Waals surface area contributed by atoms with Gasteiger partial charge >= 0.3 is 0 Å². The Labute approximate surface area is 165 Å². The van der Waals surface area contributed by atoms with Crippen LogP contribution in [0.15, 0.2) is 41.5 Å². The van der Waals surface area contributed by atoms with Gasteiger partial charge in [-0.25, -0.2) is 5.43 Å². The quantitative estimate of drug-likeness (QED) is 0.498. The fourth-order valence-electron chi connectivity index (χ4n) is 2.46. The molecule has 0 bridgehead atoms. The van der Waals surface area contributed by atoms with Gasteiger partial charge in [0.15, 0.2) is 23.0 Å². The minimum absolute atomic E-state index is 0.353. The summed E-state index contributed by atoms with van der Waals surface area (Å²) in [4.78, 5) is 12.3. The minimum Gasteiger partial charge on any atom is -0.493 e. The highest BCUT2D eigenvalue weighted by Crippen LogP contribution is 2.29. The van der Waals surface area contributed by atoms with Gasteiger partial charge in [0.25, 0.3) is 5.91 Å². The standard InChI is InChI=1S/C21H26N2O5/c1-5-26-17-11-9-16(13-19(17)25-4)21(24)23-22-14-15-8-10-18(27-6-2)20(12-15)28-7-3/h8-14H,5-7H2,1-4H3,(H,23,24)/b22-14+. The summed E-state index contributed by atoms with van der Waals surface area (Å²) in [5, 5.41) is 4.02. The third kappa shape index (κ3) is 5.64. The van der Waals surface area contributed by atoms with Crippen molar-refractivity contribution in [3.8, 4) is 23.0 Å². The normalized spacial score (nSPS) is 10.6. The van der Waals surface area contributed by atoms with Crippen LogP contribution in [0.4, 0.5) is 0 Å². The molecule has 0 radical (unpaired) electrons. The molecule has 0 saturated carbocycles.